The van der Waals surface area contributed by atoms with Crippen LogP contribution < -0.4 is 5.32 Å². The number of carbonyl (C=O) groups is 2. The highest BCUT2D eigenvalue weighted by Gasteiger charge is 2.33. The molecule has 1 saturated heterocycles. The number of nitrogens with zero attached hydrogens (tertiary/aromatic N) is 2. The normalized spacial score (nSPS) is 21.3. The van der Waals surface area contributed by atoms with Gasteiger partial charge in [-0.05, 0) is 37.5 Å². The summed E-state index contributed by atoms with van der Waals surface area (Å²) in [6.45, 7) is 1.89. The monoisotopic (exact) mass is 351 g/mol. The van der Waals surface area contributed by atoms with Crippen molar-refractivity contribution in [2.45, 2.75) is 30.9 Å². The Bertz CT molecular complexity index is 644. The molecule has 2 amide bonds. The van der Waals surface area contributed by atoms with Crippen molar-refractivity contribution in [2.24, 2.45) is 4.99 Å². The molecular formula is C16H18ClN3O2S. The smallest absolute Gasteiger partial charge is 0.262 e. The fourth-order valence-corrected chi connectivity index (χ4v) is 3.98. The number of aliphatic imine (C=N–C) groups is 1. The summed E-state index contributed by atoms with van der Waals surface area (Å²) in [4.78, 5) is 30.4. The average molecular weight is 352 g/mol. The highest BCUT2D eigenvalue weighted by Crippen LogP contribution is 2.29. The Morgan fingerprint density at radius 1 is 1.35 bits per heavy atom. The van der Waals surface area contributed by atoms with Crippen molar-refractivity contribution in [3.05, 3.63) is 29.3 Å². The summed E-state index contributed by atoms with van der Waals surface area (Å²) in [7, 11) is 0. The minimum Gasteiger partial charge on any atom is -0.351 e. The van der Waals surface area contributed by atoms with Gasteiger partial charge in [0.15, 0.2) is 5.17 Å². The molecule has 1 aromatic rings. The van der Waals surface area contributed by atoms with Crippen LogP contribution in [0.25, 0.3) is 0 Å². The van der Waals surface area contributed by atoms with Gasteiger partial charge in [0.1, 0.15) is 5.25 Å². The molecule has 7 heteroatoms. The summed E-state index contributed by atoms with van der Waals surface area (Å²) in [5, 5.41) is 3.68. The maximum Gasteiger partial charge on any atom is 0.262 e. The second-order valence-electron chi connectivity index (χ2n) is 5.65. The first-order valence-electron chi connectivity index (χ1n) is 7.71. The van der Waals surface area contributed by atoms with Crippen LogP contribution in [0.1, 0.15) is 25.7 Å². The van der Waals surface area contributed by atoms with Gasteiger partial charge < -0.3 is 10.2 Å². The van der Waals surface area contributed by atoms with Crippen molar-refractivity contribution in [1.82, 2.24) is 4.90 Å². The molecule has 0 saturated carbocycles. The van der Waals surface area contributed by atoms with E-state index in [2.05, 4.69) is 15.2 Å². The molecule has 1 fully saturated rings. The largest absolute Gasteiger partial charge is 0.351 e. The van der Waals surface area contributed by atoms with Crippen molar-refractivity contribution < 1.29 is 9.59 Å². The summed E-state index contributed by atoms with van der Waals surface area (Å²) >= 11 is 7.30. The quantitative estimate of drug-likeness (QED) is 0.908. The first kappa shape index (κ1) is 16.3. The number of carbonyl (C=O) groups excluding carboxylic acids is 2. The fraction of sp³-hybridized carbons (Fsp3) is 0.438. The Morgan fingerprint density at radius 2 is 2.13 bits per heavy atom. The molecule has 0 spiro atoms. The van der Waals surface area contributed by atoms with Crippen LogP contribution in [0.4, 0.5) is 5.69 Å². The summed E-state index contributed by atoms with van der Waals surface area (Å²) in [6, 6.07) is 6.96. The molecule has 3 rings (SSSR count). The zero-order chi connectivity index (χ0) is 16.2. The number of piperidine rings is 1. The highest BCUT2D eigenvalue weighted by atomic mass is 35.5. The molecule has 1 N–H and O–H groups in total. The number of nitrogens with one attached hydrogen (secondary N) is 1. The lowest BCUT2D eigenvalue weighted by atomic mass is 10.1. The van der Waals surface area contributed by atoms with Gasteiger partial charge in [-0.2, -0.15) is 4.99 Å². The van der Waals surface area contributed by atoms with Crippen LogP contribution in [0, 0.1) is 0 Å². The number of amides is 2. The van der Waals surface area contributed by atoms with E-state index in [9.17, 15) is 9.59 Å². The van der Waals surface area contributed by atoms with E-state index < -0.39 is 5.25 Å². The van der Waals surface area contributed by atoms with Crippen LogP contribution in [0.3, 0.4) is 0 Å². The van der Waals surface area contributed by atoms with E-state index in [1.807, 2.05) is 0 Å². The van der Waals surface area contributed by atoms with Crippen LogP contribution in [0.2, 0.25) is 5.02 Å². The fourth-order valence-electron chi connectivity index (χ4n) is 2.68. The molecule has 0 radical (unpaired) electrons. The van der Waals surface area contributed by atoms with Crippen molar-refractivity contribution in [1.29, 1.82) is 0 Å². The third kappa shape index (κ3) is 4.26. The Labute approximate surface area is 144 Å². The highest BCUT2D eigenvalue weighted by molar-refractivity contribution is 8.15. The second kappa shape index (κ2) is 7.36. The van der Waals surface area contributed by atoms with E-state index in [1.54, 1.807) is 24.3 Å². The first-order chi connectivity index (χ1) is 11.1. The maximum atomic E-state index is 12.1. The average Bonchev–Trinajstić information content (AvgIpc) is 2.89. The van der Waals surface area contributed by atoms with Crippen LogP contribution in [0.15, 0.2) is 29.3 Å². The van der Waals surface area contributed by atoms with Gasteiger partial charge in [0.2, 0.25) is 5.91 Å². The van der Waals surface area contributed by atoms with Crippen LogP contribution >= 0.6 is 23.4 Å². The first-order valence-corrected chi connectivity index (χ1v) is 8.97. The number of anilines is 1. The lowest BCUT2D eigenvalue weighted by Crippen LogP contribution is -2.33. The lowest BCUT2D eigenvalue weighted by Gasteiger charge is -2.27. The SMILES string of the molecule is O=C(C[C@@H]1SC(N2CCCCC2)=NC1=O)Nc1cccc(Cl)c1. The number of amidine groups is 1. The number of halogens is 1. The molecular weight excluding hydrogens is 334 g/mol. The van der Waals surface area contributed by atoms with Crippen LogP contribution in [0.5, 0.6) is 0 Å². The summed E-state index contributed by atoms with van der Waals surface area (Å²) in [5.74, 6) is -0.412. The van der Waals surface area contributed by atoms with Gasteiger partial charge in [-0.3, -0.25) is 9.59 Å². The second-order valence-corrected chi connectivity index (χ2v) is 7.26. The van der Waals surface area contributed by atoms with Crippen molar-refractivity contribution in [3.8, 4) is 0 Å². The number of benzene rings is 1. The molecule has 2 aliphatic rings. The van der Waals surface area contributed by atoms with Crippen LogP contribution in [-0.4, -0.2) is 40.2 Å². The Balaban J connectivity index is 1.54. The Morgan fingerprint density at radius 3 is 2.87 bits per heavy atom. The van der Waals surface area contributed by atoms with Crippen molar-refractivity contribution >= 4 is 46.0 Å². The number of hydrogen-bond donors (Lipinski definition) is 1. The molecule has 2 heterocycles. The van der Waals surface area contributed by atoms with Gasteiger partial charge in [0, 0.05) is 30.2 Å². The molecule has 2 aliphatic heterocycles. The van der Waals surface area contributed by atoms with E-state index in [4.69, 9.17) is 11.6 Å². The van der Waals surface area contributed by atoms with Gasteiger partial charge in [-0.1, -0.05) is 29.4 Å². The molecule has 5 nitrogen and oxygen atoms in total. The molecule has 0 unspecified atom stereocenters. The molecule has 122 valence electrons. The van der Waals surface area contributed by atoms with E-state index in [-0.39, 0.29) is 18.2 Å². The molecule has 0 bridgehead atoms. The van der Waals surface area contributed by atoms with Gasteiger partial charge in [-0.25, -0.2) is 0 Å². The summed E-state index contributed by atoms with van der Waals surface area (Å²) < 4.78 is 0. The molecule has 1 aromatic carbocycles. The number of rotatable bonds is 3. The number of hydrogen-bond acceptors (Lipinski definition) is 4. The molecule has 1 atom stereocenters. The number of thioether (sulfide) groups is 1. The summed E-state index contributed by atoms with van der Waals surface area (Å²) in [6.07, 6.45) is 3.62. The van der Waals surface area contributed by atoms with Gasteiger partial charge >= 0.3 is 0 Å². The Kier molecular flexibility index (Phi) is 5.23. The molecule has 0 aliphatic carbocycles. The predicted octanol–water partition coefficient (Wildman–Crippen LogP) is 3.15. The van der Waals surface area contributed by atoms with Gasteiger partial charge in [0.05, 0.1) is 0 Å². The van der Waals surface area contributed by atoms with E-state index >= 15 is 0 Å². The zero-order valence-electron chi connectivity index (χ0n) is 12.6. The van der Waals surface area contributed by atoms with Crippen LogP contribution in [-0.2, 0) is 9.59 Å². The van der Waals surface area contributed by atoms with E-state index in [0.717, 1.165) is 31.1 Å². The standard InChI is InChI=1S/C16H18ClN3O2S/c17-11-5-4-6-12(9-11)18-14(21)10-13-15(22)19-16(23-13)20-7-2-1-3-8-20/h4-6,9,13H,1-3,7-8,10H2,(H,18,21)/t13-/m0/s1. The maximum absolute atomic E-state index is 12.1. The minimum absolute atomic E-state index is 0.122. The van der Waals surface area contributed by atoms with Crippen molar-refractivity contribution in [2.75, 3.05) is 18.4 Å². The lowest BCUT2D eigenvalue weighted by molar-refractivity contribution is -0.121. The topological polar surface area (TPSA) is 61.8 Å². The van der Waals surface area contributed by atoms with Gasteiger partial charge in [-0.15, -0.1) is 0 Å². The summed E-state index contributed by atoms with van der Waals surface area (Å²) in [5.41, 5.74) is 0.634. The molecule has 0 aromatic heterocycles. The molecule has 23 heavy (non-hydrogen) atoms. The zero-order valence-corrected chi connectivity index (χ0v) is 14.2. The Hall–Kier alpha value is -1.53. The van der Waals surface area contributed by atoms with E-state index in [1.165, 1.54) is 18.2 Å². The van der Waals surface area contributed by atoms with Crippen molar-refractivity contribution in [3.63, 3.8) is 0 Å². The third-order valence-electron chi connectivity index (χ3n) is 3.83. The predicted molar refractivity (Wildman–Crippen MR) is 93.9 cm³/mol. The minimum atomic E-state index is -0.425. The van der Waals surface area contributed by atoms with E-state index in [0.29, 0.717) is 10.7 Å². The van der Waals surface area contributed by atoms with Gasteiger partial charge in [0.25, 0.3) is 5.91 Å². The number of likely N-dealkylation sites (tertiary alicyclic amines) is 1. The third-order valence-corrected chi connectivity index (χ3v) is 5.28.